The summed E-state index contributed by atoms with van der Waals surface area (Å²) in [7, 11) is 0. The molecule has 0 atom stereocenters. The molecule has 98 valence electrons. The number of amides is 2. The molecule has 1 N–H and O–H groups in total. The minimum atomic E-state index is -0.0244. The predicted molar refractivity (Wildman–Crippen MR) is 64.4 cm³/mol. The van der Waals surface area contributed by atoms with Crippen LogP contribution in [-0.2, 0) is 9.59 Å². The van der Waals surface area contributed by atoms with Crippen LogP contribution in [0.3, 0.4) is 0 Å². The molecule has 0 unspecified atom stereocenters. The first-order valence-corrected chi connectivity index (χ1v) is 6.24. The minimum absolute atomic E-state index is 0.0244. The first kappa shape index (κ1) is 14.0. The molecule has 5 heteroatoms. The predicted octanol–water partition coefficient (Wildman–Crippen LogP) is 0.228. The lowest BCUT2D eigenvalue weighted by atomic mass is 10.2. The lowest BCUT2D eigenvalue weighted by Gasteiger charge is -2.28. The third-order valence-electron chi connectivity index (χ3n) is 3.00. The second-order valence-electron chi connectivity index (χ2n) is 4.68. The average molecular weight is 242 g/mol. The molecule has 0 aromatic rings. The Balaban J connectivity index is 2.49. The lowest BCUT2D eigenvalue weighted by molar-refractivity contribution is -0.139. The number of hydrogen-bond donors (Lipinski definition) is 1. The Morgan fingerprint density at radius 2 is 2.24 bits per heavy atom. The summed E-state index contributed by atoms with van der Waals surface area (Å²) in [6, 6.07) is 0.103. The van der Waals surface area contributed by atoms with E-state index in [0.717, 1.165) is 6.42 Å². The quantitative estimate of drug-likeness (QED) is 0.725. The molecule has 0 aromatic carbocycles. The van der Waals surface area contributed by atoms with Gasteiger partial charge in [0.25, 0.3) is 0 Å². The largest absolute Gasteiger partial charge is 0.396 e. The first-order chi connectivity index (χ1) is 8.06. The van der Waals surface area contributed by atoms with Gasteiger partial charge in [0.2, 0.25) is 11.8 Å². The molecule has 0 aromatic heterocycles. The number of carbonyl (C=O) groups excluding carboxylic acids is 2. The maximum absolute atomic E-state index is 12.0. The third-order valence-corrected chi connectivity index (χ3v) is 3.00. The molecule has 1 fully saturated rings. The molecule has 1 rings (SSSR count). The van der Waals surface area contributed by atoms with Crippen LogP contribution in [0.2, 0.25) is 0 Å². The van der Waals surface area contributed by atoms with Gasteiger partial charge in [-0.3, -0.25) is 9.59 Å². The molecule has 0 spiro atoms. The summed E-state index contributed by atoms with van der Waals surface area (Å²) < 4.78 is 0. The van der Waals surface area contributed by atoms with E-state index in [1.165, 1.54) is 0 Å². The molecule has 2 amide bonds. The standard InChI is InChI=1S/C12H22N2O3/c1-10(2)14(7-4-8-15)12(17)9-13-6-3-5-11(13)16/h10,15H,3-9H2,1-2H3. The molecular formula is C12H22N2O3. The van der Waals surface area contributed by atoms with E-state index in [1.807, 2.05) is 13.8 Å². The van der Waals surface area contributed by atoms with E-state index < -0.39 is 0 Å². The lowest BCUT2D eigenvalue weighted by Crippen LogP contribution is -2.44. The molecule has 5 nitrogen and oxygen atoms in total. The van der Waals surface area contributed by atoms with Gasteiger partial charge in [-0.05, 0) is 26.7 Å². The van der Waals surface area contributed by atoms with E-state index in [0.29, 0.717) is 25.9 Å². The molecule has 1 aliphatic rings. The van der Waals surface area contributed by atoms with Crippen molar-refractivity contribution in [3.8, 4) is 0 Å². The van der Waals surface area contributed by atoms with Gasteiger partial charge in [-0.1, -0.05) is 0 Å². The number of rotatable bonds is 6. The molecule has 17 heavy (non-hydrogen) atoms. The van der Waals surface area contributed by atoms with Gasteiger partial charge in [0.05, 0.1) is 6.54 Å². The zero-order valence-electron chi connectivity index (χ0n) is 10.7. The highest BCUT2D eigenvalue weighted by atomic mass is 16.3. The Labute approximate surface area is 102 Å². The normalized spacial score (nSPS) is 15.8. The van der Waals surface area contributed by atoms with Crippen molar-refractivity contribution in [2.24, 2.45) is 0 Å². The van der Waals surface area contributed by atoms with Crippen molar-refractivity contribution in [1.82, 2.24) is 9.80 Å². The average Bonchev–Trinajstić information content (AvgIpc) is 2.64. The van der Waals surface area contributed by atoms with Crippen molar-refractivity contribution in [3.05, 3.63) is 0 Å². The number of aliphatic hydroxyl groups excluding tert-OH is 1. The van der Waals surface area contributed by atoms with Crippen molar-refractivity contribution >= 4 is 11.8 Å². The molecule has 1 aliphatic heterocycles. The van der Waals surface area contributed by atoms with Crippen LogP contribution in [0, 0.1) is 0 Å². The highest BCUT2D eigenvalue weighted by molar-refractivity contribution is 5.86. The molecule has 1 heterocycles. The van der Waals surface area contributed by atoms with Crippen LogP contribution in [-0.4, -0.2) is 59.0 Å². The number of hydrogen-bond acceptors (Lipinski definition) is 3. The summed E-state index contributed by atoms with van der Waals surface area (Å²) in [5.74, 6) is 0.0490. The zero-order chi connectivity index (χ0) is 12.8. The monoisotopic (exact) mass is 242 g/mol. The smallest absolute Gasteiger partial charge is 0.242 e. The van der Waals surface area contributed by atoms with Crippen molar-refractivity contribution in [2.45, 2.75) is 39.2 Å². The molecular weight excluding hydrogens is 220 g/mol. The van der Waals surface area contributed by atoms with Crippen LogP contribution in [0.25, 0.3) is 0 Å². The zero-order valence-corrected chi connectivity index (χ0v) is 10.7. The van der Waals surface area contributed by atoms with Crippen LogP contribution in [0.1, 0.15) is 33.1 Å². The van der Waals surface area contributed by atoms with Crippen molar-refractivity contribution in [3.63, 3.8) is 0 Å². The summed E-state index contributed by atoms with van der Waals surface area (Å²) >= 11 is 0. The Hall–Kier alpha value is -1.10. The summed E-state index contributed by atoms with van der Waals surface area (Å²) in [5, 5.41) is 8.80. The van der Waals surface area contributed by atoms with Gasteiger partial charge >= 0.3 is 0 Å². The van der Waals surface area contributed by atoms with E-state index in [1.54, 1.807) is 9.80 Å². The van der Waals surface area contributed by atoms with Crippen LogP contribution in [0.15, 0.2) is 0 Å². The SMILES string of the molecule is CC(C)N(CCCO)C(=O)CN1CCCC1=O. The van der Waals surface area contributed by atoms with Gasteiger partial charge in [0.15, 0.2) is 0 Å². The number of aliphatic hydroxyl groups is 1. The number of nitrogens with zero attached hydrogens (tertiary/aromatic N) is 2. The Morgan fingerprint density at radius 1 is 1.53 bits per heavy atom. The number of carbonyl (C=O) groups is 2. The Morgan fingerprint density at radius 3 is 2.71 bits per heavy atom. The summed E-state index contributed by atoms with van der Waals surface area (Å²) in [5.41, 5.74) is 0. The topological polar surface area (TPSA) is 60.9 Å². The fourth-order valence-electron chi connectivity index (χ4n) is 2.04. The highest BCUT2D eigenvalue weighted by Crippen LogP contribution is 2.10. The maximum Gasteiger partial charge on any atom is 0.242 e. The van der Waals surface area contributed by atoms with Crippen molar-refractivity contribution < 1.29 is 14.7 Å². The minimum Gasteiger partial charge on any atom is -0.396 e. The Kier molecular flexibility index (Phi) is 5.41. The van der Waals surface area contributed by atoms with E-state index in [4.69, 9.17) is 5.11 Å². The summed E-state index contributed by atoms with van der Waals surface area (Å²) in [6.07, 6.45) is 1.99. The molecule has 0 bridgehead atoms. The van der Waals surface area contributed by atoms with Crippen molar-refractivity contribution in [2.75, 3.05) is 26.2 Å². The molecule has 0 radical (unpaired) electrons. The van der Waals surface area contributed by atoms with E-state index in [-0.39, 0.29) is 31.0 Å². The fourth-order valence-corrected chi connectivity index (χ4v) is 2.04. The van der Waals surface area contributed by atoms with E-state index in [9.17, 15) is 9.59 Å². The second kappa shape index (κ2) is 6.59. The van der Waals surface area contributed by atoms with Gasteiger partial charge in [-0.25, -0.2) is 0 Å². The molecule has 1 saturated heterocycles. The first-order valence-electron chi connectivity index (χ1n) is 6.24. The number of likely N-dealkylation sites (tertiary alicyclic amines) is 1. The van der Waals surface area contributed by atoms with Crippen LogP contribution >= 0.6 is 0 Å². The third kappa shape index (κ3) is 4.00. The maximum atomic E-state index is 12.0. The van der Waals surface area contributed by atoms with E-state index in [2.05, 4.69) is 0 Å². The molecule has 0 aliphatic carbocycles. The van der Waals surface area contributed by atoms with Gasteiger partial charge in [-0.2, -0.15) is 0 Å². The highest BCUT2D eigenvalue weighted by Gasteiger charge is 2.25. The summed E-state index contributed by atoms with van der Waals surface area (Å²) in [6.45, 7) is 5.40. The molecule has 0 saturated carbocycles. The van der Waals surface area contributed by atoms with Crippen LogP contribution in [0.5, 0.6) is 0 Å². The van der Waals surface area contributed by atoms with Crippen LogP contribution < -0.4 is 0 Å². The van der Waals surface area contributed by atoms with Gasteiger partial charge in [0, 0.05) is 32.2 Å². The van der Waals surface area contributed by atoms with Crippen LogP contribution in [0.4, 0.5) is 0 Å². The Bertz CT molecular complexity index is 279. The second-order valence-corrected chi connectivity index (χ2v) is 4.68. The summed E-state index contributed by atoms with van der Waals surface area (Å²) in [4.78, 5) is 26.8. The van der Waals surface area contributed by atoms with Gasteiger partial charge in [0.1, 0.15) is 0 Å². The van der Waals surface area contributed by atoms with Gasteiger partial charge in [-0.15, -0.1) is 0 Å². The van der Waals surface area contributed by atoms with Gasteiger partial charge < -0.3 is 14.9 Å². The van der Waals surface area contributed by atoms with E-state index >= 15 is 0 Å². The fraction of sp³-hybridized carbons (Fsp3) is 0.833. The van der Waals surface area contributed by atoms with Crippen molar-refractivity contribution in [1.29, 1.82) is 0 Å².